The van der Waals surface area contributed by atoms with Gasteiger partial charge in [0.25, 0.3) is 0 Å². The highest BCUT2D eigenvalue weighted by molar-refractivity contribution is 5.97. The quantitative estimate of drug-likeness (QED) is 0.588. The monoisotopic (exact) mass is 330 g/mol. The van der Waals surface area contributed by atoms with Gasteiger partial charge >= 0.3 is 0 Å². The standard InChI is InChI=1S/C21H18N2O2/c1-13-9-18-19(23-25-20(18)10-14(13)2)12-21(24)22-17-8-7-15-5-3-4-6-16(15)11-17/h3-11H,12H2,1-2H3,(H,22,24). The summed E-state index contributed by atoms with van der Waals surface area (Å²) >= 11 is 0. The van der Waals surface area contributed by atoms with Crippen LogP contribution in [0.1, 0.15) is 16.8 Å². The molecule has 4 nitrogen and oxygen atoms in total. The minimum absolute atomic E-state index is 0.108. The van der Waals surface area contributed by atoms with Crippen molar-refractivity contribution in [2.24, 2.45) is 0 Å². The van der Waals surface area contributed by atoms with E-state index in [9.17, 15) is 4.79 Å². The molecule has 1 heterocycles. The number of rotatable bonds is 3. The maximum atomic E-state index is 12.4. The first-order valence-corrected chi connectivity index (χ1v) is 8.24. The van der Waals surface area contributed by atoms with Gasteiger partial charge in [0.05, 0.1) is 6.42 Å². The summed E-state index contributed by atoms with van der Waals surface area (Å²) in [5.74, 6) is -0.108. The summed E-state index contributed by atoms with van der Waals surface area (Å²) in [5.41, 5.74) is 4.47. The van der Waals surface area contributed by atoms with Crippen molar-refractivity contribution < 1.29 is 9.32 Å². The van der Waals surface area contributed by atoms with Crippen LogP contribution in [0.5, 0.6) is 0 Å². The Morgan fingerprint density at radius 1 is 1.00 bits per heavy atom. The van der Waals surface area contributed by atoms with Gasteiger partial charge in [-0.3, -0.25) is 4.79 Å². The highest BCUT2D eigenvalue weighted by Crippen LogP contribution is 2.24. The van der Waals surface area contributed by atoms with Crippen LogP contribution in [0.2, 0.25) is 0 Å². The number of amides is 1. The molecule has 0 radical (unpaired) electrons. The van der Waals surface area contributed by atoms with E-state index in [0.29, 0.717) is 5.69 Å². The lowest BCUT2D eigenvalue weighted by Crippen LogP contribution is -2.14. The van der Waals surface area contributed by atoms with E-state index in [1.807, 2.05) is 68.4 Å². The highest BCUT2D eigenvalue weighted by Gasteiger charge is 2.14. The summed E-state index contributed by atoms with van der Waals surface area (Å²) in [6, 6.07) is 17.9. The normalized spacial score (nSPS) is 11.1. The largest absolute Gasteiger partial charge is 0.356 e. The molecule has 0 aliphatic rings. The summed E-state index contributed by atoms with van der Waals surface area (Å²) in [6.45, 7) is 4.07. The molecule has 124 valence electrons. The molecule has 0 saturated carbocycles. The maximum absolute atomic E-state index is 12.4. The van der Waals surface area contributed by atoms with Crippen LogP contribution in [0.15, 0.2) is 59.1 Å². The Hall–Kier alpha value is -3.14. The molecular weight excluding hydrogens is 312 g/mol. The summed E-state index contributed by atoms with van der Waals surface area (Å²) in [4.78, 5) is 12.4. The molecule has 0 fully saturated rings. The minimum atomic E-state index is -0.108. The molecule has 0 unspecified atom stereocenters. The fourth-order valence-corrected chi connectivity index (χ4v) is 3.00. The van der Waals surface area contributed by atoms with Gasteiger partial charge in [-0.15, -0.1) is 0 Å². The first-order valence-electron chi connectivity index (χ1n) is 8.24. The van der Waals surface area contributed by atoms with E-state index in [-0.39, 0.29) is 12.3 Å². The van der Waals surface area contributed by atoms with Crippen LogP contribution in [0, 0.1) is 13.8 Å². The molecule has 3 aromatic carbocycles. The van der Waals surface area contributed by atoms with Gasteiger partial charge in [0.15, 0.2) is 5.58 Å². The first kappa shape index (κ1) is 15.4. The van der Waals surface area contributed by atoms with Crippen LogP contribution < -0.4 is 5.32 Å². The third-order valence-corrected chi connectivity index (χ3v) is 4.52. The van der Waals surface area contributed by atoms with Gasteiger partial charge < -0.3 is 9.84 Å². The average molecular weight is 330 g/mol. The summed E-state index contributed by atoms with van der Waals surface area (Å²) < 4.78 is 5.36. The van der Waals surface area contributed by atoms with Crippen molar-refractivity contribution in [3.05, 3.63) is 71.4 Å². The minimum Gasteiger partial charge on any atom is -0.356 e. The smallest absolute Gasteiger partial charge is 0.230 e. The van der Waals surface area contributed by atoms with Gasteiger partial charge in [-0.25, -0.2) is 0 Å². The lowest BCUT2D eigenvalue weighted by atomic mass is 10.1. The predicted octanol–water partition coefficient (Wildman–Crippen LogP) is 4.78. The van der Waals surface area contributed by atoms with Crippen molar-refractivity contribution in [1.29, 1.82) is 0 Å². The van der Waals surface area contributed by atoms with Crippen LogP contribution in [0.3, 0.4) is 0 Å². The van der Waals surface area contributed by atoms with E-state index in [0.717, 1.165) is 38.6 Å². The molecule has 25 heavy (non-hydrogen) atoms. The van der Waals surface area contributed by atoms with Crippen LogP contribution in [-0.2, 0) is 11.2 Å². The summed E-state index contributed by atoms with van der Waals surface area (Å²) in [7, 11) is 0. The van der Waals surface area contributed by atoms with E-state index < -0.39 is 0 Å². The van der Waals surface area contributed by atoms with Gasteiger partial charge in [-0.2, -0.15) is 0 Å². The maximum Gasteiger partial charge on any atom is 0.230 e. The first-order chi connectivity index (χ1) is 12.1. The number of carbonyl (C=O) groups excluding carboxylic acids is 1. The molecule has 1 N–H and O–H groups in total. The van der Waals surface area contributed by atoms with Crippen molar-refractivity contribution in [3.8, 4) is 0 Å². The van der Waals surface area contributed by atoms with Gasteiger partial charge in [-0.05, 0) is 60.0 Å². The van der Waals surface area contributed by atoms with E-state index in [2.05, 4.69) is 10.5 Å². The molecular formula is C21H18N2O2. The number of benzene rings is 3. The third kappa shape index (κ3) is 2.98. The number of nitrogens with zero attached hydrogens (tertiary/aromatic N) is 1. The second-order valence-electron chi connectivity index (χ2n) is 6.35. The topological polar surface area (TPSA) is 55.1 Å². The molecule has 1 amide bonds. The van der Waals surface area contributed by atoms with Crippen molar-refractivity contribution in [1.82, 2.24) is 5.16 Å². The van der Waals surface area contributed by atoms with E-state index in [1.54, 1.807) is 0 Å². The molecule has 0 aliphatic heterocycles. The molecule has 0 aliphatic carbocycles. The lowest BCUT2D eigenvalue weighted by molar-refractivity contribution is -0.115. The zero-order valence-electron chi connectivity index (χ0n) is 14.2. The predicted molar refractivity (Wildman–Crippen MR) is 99.8 cm³/mol. The molecule has 0 bridgehead atoms. The number of anilines is 1. The van der Waals surface area contributed by atoms with Crippen LogP contribution in [0.25, 0.3) is 21.7 Å². The lowest BCUT2D eigenvalue weighted by Gasteiger charge is -2.06. The number of hydrogen-bond acceptors (Lipinski definition) is 3. The second kappa shape index (κ2) is 6.06. The Morgan fingerprint density at radius 3 is 2.60 bits per heavy atom. The molecule has 4 rings (SSSR count). The van der Waals surface area contributed by atoms with Gasteiger partial charge in [0, 0.05) is 11.1 Å². The zero-order chi connectivity index (χ0) is 17.4. The number of aromatic nitrogens is 1. The zero-order valence-corrected chi connectivity index (χ0v) is 14.2. The van der Waals surface area contributed by atoms with Gasteiger partial charge in [0.2, 0.25) is 5.91 Å². The van der Waals surface area contributed by atoms with E-state index in [1.165, 1.54) is 0 Å². The fraction of sp³-hybridized carbons (Fsp3) is 0.143. The molecule has 1 aromatic heterocycles. The van der Waals surface area contributed by atoms with Crippen LogP contribution >= 0.6 is 0 Å². The van der Waals surface area contributed by atoms with Crippen molar-refractivity contribution in [2.45, 2.75) is 20.3 Å². The van der Waals surface area contributed by atoms with Crippen molar-refractivity contribution >= 4 is 33.3 Å². The number of carbonyl (C=O) groups is 1. The Balaban J connectivity index is 1.56. The van der Waals surface area contributed by atoms with Crippen molar-refractivity contribution in [3.63, 3.8) is 0 Å². The Bertz CT molecular complexity index is 1100. The Morgan fingerprint density at radius 2 is 1.76 bits per heavy atom. The van der Waals surface area contributed by atoms with Crippen LogP contribution in [-0.4, -0.2) is 11.1 Å². The Kier molecular flexibility index (Phi) is 3.73. The van der Waals surface area contributed by atoms with Crippen LogP contribution in [0.4, 0.5) is 5.69 Å². The third-order valence-electron chi connectivity index (χ3n) is 4.52. The molecule has 0 atom stereocenters. The number of fused-ring (bicyclic) bond motifs is 2. The summed E-state index contributed by atoms with van der Waals surface area (Å²) in [6.07, 6.45) is 0.183. The summed E-state index contributed by atoms with van der Waals surface area (Å²) in [5, 5.41) is 10.2. The van der Waals surface area contributed by atoms with E-state index in [4.69, 9.17) is 4.52 Å². The van der Waals surface area contributed by atoms with Gasteiger partial charge in [-0.1, -0.05) is 35.5 Å². The number of hydrogen-bond donors (Lipinski definition) is 1. The molecule has 4 heteroatoms. The molecule has 4 aromatic rings. The highest BCUT2D eigenvalue weighted by atomic mass is 16.5. The SMILES string of the molecule is Cc1cc2onc(CC(=O)Nc3ccc4ccccc4c3)c2cc1C. The fourth-order valence-electron chi connectivity index (χ4n) is 3.00. The number of nitrogens with one attached hydrogen (secondary N) is 1. The number of aryl methyl sites for hydroxylation is 2. The van der Waals surface area contributed by atoms with E-state index >= 15 is 0 Å². The molecule has 0 saturated heterocycles. The average Bonchev–Trinajstić information content (AvgIpc) is 2.97. The molecule has 0 spiro atoms. The second-order valence-corrected chi connectivity index (χ2v) is 6.35. The van der Waals surface area contributed by atoms with Crippen molar-refractivity contribution in [2.75, 3.05) is 5.32 Å². The van der Waals surface area contributed by atoms with Gasteiger partial charge in [0.1, 0.15) is 5.69 Å². The Labute approximate surface area is 145 Å².